The molecule has 0 spiro atoms. The topological polar surface area (TPSA) is 29.1 Å². The maximum absolute atomic E-state index is 12.1. The Morgan fingerprint density at radius 1 is 1.26 bits per heavy atom. The van der Waals surface area contributed by atoms with Crippen molar-refractivity contribution in [3.8, 4) is 0 Å². The lowest BCUT2D eigenvalue weighted by Crippen LogP contribution is -2.27. The molecule has 0 bridgehead atoms. The first-order valence-corrected chi connectivity index (χ1v) is 7.29. The van der Waals surface area contributed by atoms with E-state index < -0.39 is 0 Å². The summed E-state index contributed by atoms with van der Waals surface area (Å²) in [6.45, 7) is 6.81. The maximum atomic E-state index is 12.1. The van der Waals surface area contributed by atoms with E-state index in [1.54, 1.807) is 11.3 Å². The fourth-order valence-electron chi connectivity index (χ4n) is 2.10. The molecule has 2 nitrogen and oxygen atoms in total. The van der Waals surface area contributed by atoms with Crippen molar-refractivity contribution in [1.82, 2.24) is 5.32 Å². The molecule has 0 fully saturated rings. The average molecular weight is 273 g/mol. The largest absolute Gasteiger partial charge is 0.351 e. The second kappa shape index (κ2) is 6.02. The van der Waals surface area contributed by atoms with Crippen molar-refractivity contribution in [3.05, 3.63) is 57.3 Å². The number of hydrogen-bond acceptors (Lipinski definition) is 2. The Balaban J connectivity index is 1.96. The monoisotopic (exact) mass is 273 g/mol. The number of carbonyl (C=O) groups is 1. The highest BCUT2D eigenvalue weighted by atomic mass is 32.1. The third kappa shape index (κ3) is 3.44. The molecule has 0 aliphatic rings. The molecular weight excluding hydrogens is 254 g/mol. The van der Waals surface area contributed by atoms with Crippen LogP contribution in [0.2, 0.25) is 0 Å². The summed E-state index contributed by atoms with van der Waals surface area (Å²) in [5.41, 5.74) is 2.06. The third-order valence-electron chi connectivity index (χ3n) is 3.22. The zero-order chi connectivity index (χ0) is 13.8. The van der Waals surface area contributed by atoms with Gasteiger partial charge in [0, 0.05) is 16.3 Å². The summed E-state index contributed by atoms with van der Waals surface area (Å²) in [5.74, 6) is 0.356. The van der Waals surface area contributed by atoms with Gasteiger partial charge in [-0.25, -0.2) is 0 Å². The molecule has 0 aliphatic heterocycles. The van der Waals surface area contributed by atoms with E-state index in [4.69, 9.17) is 0 Å². The molecule has 0 radical (unpaired) electrons. The molecule has 1 unspecified atom stereocenters. The smallest absolute Gasteiger partial charge is 0.252 e. The number of amides is 1. The zero-order valence-electron chi connectivity index (χ0n) is 11.6. The van der Waals surface area contributed by atoms with Gasteiger partial charge in [-0.05, 0) is 31.4 Å². The van der Waals surface area contributed by atoms with Crippen LogP contribution in [-0.4, -0.2) is 12.5 Å². The van der Waals surface area contributed by atoms with Gasteiger partial charge in [0.05, 0.1) is 5.56 Å². The zero-order valence-corrected chi connectivity index (χ0v) is 12.4. The lowest BCUT2D eigenvalue weighted by atomic mass is 10.0. The van der Waals surface area contributed by atoms with Crippen LogP contribution in [-0.2, 0) is 0 Å². The normalized spacial score (nSPS) is 12.2. The predicted molar refractivity (Wildman–Crippen MR) is 81.0 cm³/mol. The summed E-state index contributed by atoms with van der Waals surface area (Å²) in [6.07, 6.45) is 0. The van der Waals surface area contributed by atoms with Crippen molar-refractivity contribution in [2.24, 2.45) is 0 Å². The molecule has 1 aromatic heterocycles. The molecule has 1 atom stereocenters. The number of aryl methyl sites for hydroxylation is 2. The molecular formula is C16H19NOS. The number of thiophene rings is 1. The van der Waals surface area contributed by atoms with E-state index in [0.29, 0.717) is 12.5 Å². The quantitative estimate of drug-likeness (QED) is 0.899. The van der Waals surface area contributed by atoms with Crippen molar-refractivity contribution in [1.29, 1.82) is 0 Å². The molecule has 1 N–H and O–H groups in total. The van der Waals surface area contributed by atoms with Crippen LogP contribution >= 0.6 is 11.3 Å². The van der Waals surface area contributed by atoms with Crippen molar-refractivity contribution < 1.29 is 4.79 Å². The first-order chi connectivity index (χ1) is 9.08. The van der Waals surface area contributed by atoms with Gasteiger partial charge >= 0.3 is 0 Å². The molecule has 0 saturated carbocycles. The Hall–Kier alpha value is -1.61. The molecule has 100 valence electrons. The summed E-state index contributed by atoms with van der Waals surface area (Å²) in [4.78, 5) is 14.4. The standard InChI is InChI=1S/C16H19NOS/c1-11(14-7-5-4-6-8-14)10-17-16(18)15-9-12(2)19-13(15)3/h4-9,11H,10H2,1-3H3,(H,17,18). The Labute approximate surface area is 118 Å². The third-order valence-corrected chi connectivity index (χ3v) is 4.19. The van der Waals surface area contributed by atoms with Gasteiger partial charge in [-0.2, -0.15) is 0 Å². The van der Waals surface area contributed by atoms with Gasteiger partial charge in [-0.3, -0.25) is 4.79 Å². The molecule has 2 aromatic rings. The molecule has 2 rings (SSSR count). The number of benzene rings is 1. The molecule has 1 aromatic carbocycles. The highest BCUT2D eigenvalue weighted by Crippen LogP contribution is 2.20. The number of carbonyl (C=O) groups excluding carboxylic acids is 1. The highest BCUT2D eigenvalue weighted by molar-refractivity contribution is 7.12. The summed E-state index contributed by atoms with van der Waals surface area (Å²) >= 11 is 1.67. The maximum Gasteiger partial charge on any atom is 0.252 e. The second-order valence-electron chi connectivity index (χ2n) is 4.85. The van der Waals surface area contributed by atoms with Gasteiger partial charge in [-0.1, -0.05) is 37.3 Å². The number of nitrogens with one attached hydrogen (secondary N) is 1. The Kier molecular flexibility index (Phi) is 4.38. The van der Waals surface area contributed by atoms with E-state index in [2.05, 4.69) is 24.4 Å². The first-order valence-electron chi connectivity index (χ1n) is 6.48. The fourth-order valence-corrected chi connectivity index (χ4v) is 3.02. The lowest BCUT2D eigenvalue weighted by Gasteiger charge is -2.12. The Bertz CT molecular complexity index is 559. The Morgan fingerprint density at radius 3 is 2.53 bits per heavy atom. The van der Waals surface area contributed by atoms with E-state index in [-0.39, 0.29) is 5.91 Å². The highest BCUT2D eigenvalue weighted by Gasteiger charge is 2.13. The van der Waals surface area contributed by atoms with E-state index in [9.17, 15) is 4.79 Å². The molecule has 19 heavy (non-hydrogen) atoms. The van der Waals surface area contributed by atoms with E-state index >= 15 is 0 Å². The number of hydrogen-bond donors (Lipinski definition) is 1. The molecule has 1 amide bonds. The number of rotatable bonds is 4. The van der Waals surface area contributed by atoms with Gasteiger partial charge < -0.3 is 5.32 Å². The SMILES string of the molecule is Cc1cc(C(=O)NCC(C)c2ccccc2)c(C)s1. The average Bonchev–Trinajstić information content (AvgIpc) is 2.75. The van der Waals surface area contributed by atoms with Crippen LogP contribution in [0.15, 0.2) is 36.4 Å². The summed E-state index contributed by atoms with van der Waals surface area (Å²) in [6, 6.07) is 12.2. The predicted octanol–water partition coefficient (Wildman–Crippen LogP) is 3.90. The fraction of sp³-hybridized carbons (Fsp3) is 0.312. The van der Waals surface area contributed by atoms with Crippen LogP contribution in [0.4, 0.5) is 0 Å². The van der Waals surface area contributed by atoms with E-state index in [0.717, 1.165) is 10.4 Å². The van der Waals surface area contributed by atoms with Gasteiger partial charge in [0.1, 0.15) is 0 Å². The van der Waals surface area contributed by atoms with E-state index in [1.807, 2.05) is 38.1 Å². The molecule has 1 heterocycles. The molecule has 0 aliphatic carbocycles. The molecule has 0 saturated heterocycles. The summed E-state index contributed by atoms with van der Waals surface area (Å²) < 4.78 is 0. The van der Waals surface area contributed by atoms with Crippen LogP contribution in [0.3, 0.4) is 0 Å². The second-order valence-corrected chi connectivity index (χ2v) is 6.31. The lowest BCUT2D eigenvalue weighted by molar-refractivity contribution is 0.0951. The summed E-state index contributed by atoms with van der Waals surface area (Å²) in [5, 5.41) is 3.02. The van der Waals surface area contributed by atoms with Crippen molar-refractivity contribution in [3.63, 3.8) is 0 Å². The minimum absolute atomic E-state index is 0.0321. The van der Waals surface area contributed by atoms with Crippen molar-refractivity contribution >= 4 is 17.2 Å². The van der Waals surface area contributed by atoms with Crippen LogP contribution < -0.4 is 5.32 Å². The van der Waals surface area contributed by atoms with Crippen molar-refractivity contribution in [2.75, 3.05) is 6.54 Å². The van der Waals surface area contributed by atoms with Gasteiger partial charge in [0.15, 0.2) is 0 Å². The van der Waals surface area contributed by atoms with Gasteiger partial charge in [-0.15, -0.1) is 11.3 Å². The summed E-state index contributed by atoms with van der Waals surface area (Å²) in [7, 11) is 0. The van der Waals surface area contributed by atoms with Crippen LogP contribution in [0.1, 0.15) is 38.5 Å². The van der Waals surface area contributed by atoms with Crippen molar-refractivity contribution in [2.45, 2.75) is 26.7 Å². The van der Waals surface area contributed by atoms with Gasteiger partial charge in [0.2, 0.25) is 0 Å². The van der Waals surface area contributed by atoms with E-state index in [1.165, 1.54) is 10.4 Å². The minimum Gasteiger partial charge on any atom is -0.351 e. The minimum atomic E-state index is 0.0321. The van der Waals surface area contributed by atoms with Gasteiger partial charge in [0.25, 0.3) is 5.91 Å². The molecule has 3 heteroatoms. The Morgan fingerprint density at radius 2 is 1.95 bits per heavy atom. The van der Waals surface area contributed by atoms with Crippen LogP contribution in [0.25, 0.3) is 0 Å². The van der Waals surface area contributed by atoms with Crippen LogP contribution in [0.5, 0.6) is 0 Å². The first kappa shape index (κ1) is 13.8. The van der Waals surface area contributed by atoms with Crippen LogP contribution in [0, 0.1) is 13.8 Å².